The molecule has 1 fully saturated rings. The molecule has 3 rings (SSSR count). The summed E-state index contributed by atoms with van der Waals surface area (Å²) >= 11 is 0. The number of rotatable bonds is 2. The van der Waals surface area contributed by atoms with Crippen LogP contribution in [0.3, 0.4) is 0 Å². The van der Waals surface area contributed by atoms with Crippen LogP contribution in [0.2, 0.25) is 0 Å². The molecule has 0 aromatic heterocycles. The van der Waals surface area contributed by atoms with Crippen molar-refractivity contribution in [3.8, 4) is 0 Å². The van der Waals surface area contributed by atoms with E-state index in [0.717, 1.165) is 12.8 Å². The number of carbonyl (C=O) groups excluding carboxylic acids is 1. The van der Waals surface area contributed by atoms with Gasteiger partial charge in [-0.05, 0) is 49.6 Å². The lowest BCUT2D eigenvalue weighted by atomic mass is 9.86. The molecule has 1 aromatic rings. The second-order valence-corrected chi connectivity index (χ2v) is 6.08. The van der Waals surface area contributed by atoms with Crippen molar-refractivity contribution in [2.75, 3.05) is 33.2 Å². The Kier molecular flexibility index (Phi) is 3.76. The van der Waals surface area contributed by atoms with Gasteiger partial charge in [0.15, 0.2) is 0 Å². The minimum absolute atomic E-state index is 0.325. The van der Waals surface area contributed by atoms with E-state index in [4.69, 9.17) is 5.73 Å². The molecule has 0 unspecified atom stereocenters. The largest absolute Gasteiger partial charge is 0.366 e. The van der Waals surface area contributed by atoms with Crippen molar-refractivity contribution in [2.24, 2.45) is 5.73 Å². The van der Waals surface area contributed by atoms with Crippen LogP contribution in [0.1, 0.15) is 27.9 Å². The Labute approximate surface area is 120 Å². The molecular formula is C16H23N3O. The highest BCUT2D eigenvalue weighted by Crippen LogP contribution is 2.26. The van der Waals surface area contributed by atoms with E-state index in [0.29, 0.717) is 11.6 Å². The van der Waals surface area contributed by atoms with E-state index >= 15 is 0 Å². The third kappa shape index (κ3) is 2.72. The minimum atomic E-state index is -0.325. The fraction of sp³-hybridized carbons (Fsp3) is 0.562. The van der Waals surface area contributed by atoms with Gasteiger partial charge >= 0.3 is 0 Å². The number of hydrogen-bond donors (Lipinski definition) is 1. The third-order valence-electron chi connectivity index (χ3n) is 4.75. The zero-order valence-electron chi connectivity index (χ0n) is 12.1. The quantitative estimate of drug-likeness (QED) is 0.870. The Morgan fingerprint density at radius 1 is 1.20 bits per heavy atom. The van der Waals surface area contributed by atoms with Crippen molar-refractivity contribution in [2.45, 2.75) is 25.3 Å². The Bertz CT molecular complexity index is 506. The van der Waals surface area contributed by atoms with Crippen molar-refractivity contribution in [1.29, 1.82) is 0 Å². The van der Waals surface area contributed by atoms with Crippen LogP contribution in [0.25, 0.3) is 0 Å². The maximum Gasteiger partial charge on any atom is 0.248 e. The molecule has 2 aliphatic rings. The molecule has 0 radical (unpaired) electrons. The van der Waals surface area contributed by atoms with Gasteiger partial charge in [0.05, 0.1) is 0 Å². The van der Waals surface area contributed by atoms with Crippen molar-refractivity contribution < 1.29 is 4.79 Å². The van der Waals surface area contributed by atoms with Crippen LogP contribution in [0.5, 0.6) is 0 Å². The number of benzene rings is 1. The van der Waals surface area contributed by atoms with E-state index in [1.807, 2.05) is 12.1 Å². The fourth-order valence-corrected chi connectivity index (χ4v) is 3.39. The number of primary amides is 1. The zero-order valence-corrected chi connectivity index (χ0v) is 12.1. The van der Waals surface area contributed by atoms with Gasteiger partial charge in [-0.15, -0.1) is 0 Å². The van der Waals surface area contributed by atoms with E-state index in [-0.39, 0.29) is 5.91 Å². The van der Waals surface area contributed by atoms with Crippen LogP contribution in [0.4, 0.5) is 0 Å². The highest BCUT2D eigenvalue weighted by molar-refractivity contribution is 5.93. The van der Waals surface area contributed by atoms with Gasteiger partial charge < -0.3 is 10.6 Å². The second-order valence-electron chi connectivity index (χ2n) is 6.08. The van der Waals surface area contributed by atoms with E-state index in [9.17, 15) is 4.79 Å². The number of nitrogens with two attached hydrogens (primary N) is 1. The normalized spacial score (nSPS) is 24.4. The lowest BCUT2D eigenvalue weighted by Gasteiger charge is -2.40. The van der Waals surface area contributed by atoms with Crippen molar-refractivity contribution in [1.82, 2.24) is 9.80 Å². The molecule has 0 bridgehead atoms. The van der Waals surface area contributed by atoms with Crippen LogP contribution >= 0.6 is 0 Å². The van der Waals surface area contributed by atoms with Crippen molar-refractivity contribution >= 4 is 5.91 Å². The average Bonchev–Trinajstić information content (AvgIpc) is 2.47. The second kappa shape index (κ2) is 5.54. The first-order valence-corrected chi connectivity index (χ1v) is 7.47. The van der Waals surface area contributed by atoms with Gasteiger partial charge in [0.25, 0.3) is 0 Å². The summed E-state index contributed by atoms with van der Waals surface area (Å²) in [6.07, 6.45) is 3.37. The van der Waals surface area contributed by atoms with Crippen LogP contribution < -0.4 is 5.73 Å². The van der Waals surface area contributed by atoms with E-state index in [2.05, 4.69) is 22.9 Å². The van der Waals surface area contributed by atoms with Crippen LogP contribution in [0.15, 0.2) is 18.2 Å². The van der Waals surface area contributed by atoms with E-state index in [1.54, 1.807) is 0 Å². The van der Waals surface area contributed by atoms with E-state index < -0.39 is 0 Å². The van der Waals surface area contributed by atoms with E-state index in [1.165, 1.54) is 43.7 Å². The summed E-state index contributed by atoms with van der Waals surface area (Å²) in [6.45, 7) is 4.69. The first-order chi connectivity index (χ1) is 9.63. The number of likely N-dealkylation sites (N-methyl/N-ethyl adjacent to an activating group) is 1. The van der Waals surface area contributed by atoms with Gasteiger partial charge in [0, 0.05) is 37.8 Å². The molecule has 1 saturated heterocycles. The lowest BCUT2D eigenvalue weighted by molar-refractivity contribution is 0.0999. The molecular weight excluding hydrogens is 250 g/mol. The Hall–Kier alpha value is -1.39. The van der Waals surface area contributed by atoms with Gasteiger partial charge in [0.2, 0.25) is 5.91 Å². The molecule has 0 spiro atoms. The molecule has 2 N–H and O–H groups in total. The maximum absolute atomic E-state index is 11.2. The molecule has 1 amide bonds. The predicted octanol–water partition coefficient (Wildman–Crippen LogP) is 0.890. The smallest absolute Gasteiger partial charge is 0.248 e. The predicted molar refractivity (Wildman–Crippen MR) is 79.8 cm³/mol. The zero-order chi connectivity index (χ0) is 14.1. The molecule has 1 atom stereocenters. The molecule has 0 saturated carbocycles. The summed E-state index contributed by atoms with van der Waals surface area (Å²) in [6, 6.07) is 6.61. The minimum Gasteiger partial charge on any atom is -0.366 e. The average molecular weight is 273 g/mol. The summed E-state index contributed by atoms with van der Waals surface area (Å²) < 4.78 is 0. The standard InChI is InChI=1S/C16H23N3O/c1-18-6-8-19(9-7-18)15-5-4-12-10-14(16(17)20)3-2-13(12)11-15/h2-3,10,15H,4-9,11H2,1H3,(H2,17,20)/t15-/m0/s1. The van der Waals surface area contributed by atoms with Crippen molar-refractivity contribution in [3.05, 3.63) is 34.9 Å². The summed E-state index contributed by atoms with van der Waals surface area (Å²) in [5.41, 5.74) is 8.70. The molecule has 108 valence electrons. The highest BCUT2D eigenvalue weighted by Gasteiger charge is 2.26. The number of carbonyl (C=O) groups is 1. The maximum atomic E-state index is 11.2. The topological polar surface area (TPSA) is 49.6 Å². The fourth-order valence-electron chi connectivity index (χ4n) is 3.39. The molecule has 1 aliphatic heterocycles. The number of fused-ring (bicyclic) bond motifs is 1. The summed E-state index contributed by atoms with van der Waals surface area (Å²) in [4.78, 5) is 16.3. The van der Waals surface area contributed by atoms with Crippen LogP contribution in [-0.4, -0.2) is 55.0 Å². The molecule has 4 heteroatoms. The van der Waals surface area contributed by atoms with Gasteiger partial charge in [0.1, 0.15) is 0 Å². The Balaban J connectivity index is 1.71. The lowest BCUT2D eigenvalue weighted by Crippen LogP contribution is -2.50. The SMILES string of the molecule is CN1CCN([C@H]2CCc3cc(C(N)=O)ccc3C2)CC1. The van der Waals surface area contributed by atoms with Gasteiger partial charge in [-0.3, -0.25) is 9.69 Å². The first kappa shape index (κ1) is 13.6. The highest BCUT2D eigenvalue weighted by atomic mass is 16.1. The summed E-state index contributed by atoms with van der Waals surface area (Å²) in [7, 11) is 2.19. The van der Waals surface area contributed by atoms with Gasteiger partial charge in [-0.25, -0.2) is 0 Å². The van der Waals surface area contributed by atoms with Crippen LogP contribution in [0, 0.1) is 0 Å². The molecule has 1 aliphatic carbocycles. The number of aryl methyl sites for hydroxylation is 1. The molecule has 20 heavy (non-hydrogen) atoms. The van der Waals surface area contributed by atoms with Crippen molar-refractivity contribution in [3.63, 3.8) is 0 Å². The molecule has 1 aromatic carbocycles. The first-order valence-electron chi connectivity index (χ1n) is 7.47. The van der Waals surface area contributed by atoms with Gasteiger partial charge in [-0.2, -0.15) is 0 Å². The number of amides is 1. The number of piperazine rings is 1. The Morgan fingerprint density at radius 3 is 2.65 bits per heavy atom. The Morgan fingerprint density at radius 2 is 1.95 bits per heavy atom. The molecule has 4 nitrogen and oxygen atoms in total. The van der Waals surface area contributed by atoms with Crippen LogP contribution in [-0.2, 0) is 12.8 Å². The number of nitrogens with zero attached hydrogens (tertiary/aromatic N) is 2. The van der Waals surface area contributed by atoms with Gasteiger partial charge in [-0.1, -0.05) is 6.07 Å². The third-order valence-corrected chi connectivity index (χ3v) is 4.75. The number of hydrogen-bond acceptors (Lipinski definition) is 3. The molecule has 1 heterocycles. The summed E-state index contributed by atoms with van der Waals surface area (Å²) in [5.74, 6) is -0.325. The summed E-state index contributed by atoms with van der Waals surface area (Å²) in [5, 5.41) is 0. The monoisotopic (exact) mass is 273 g/mol.